The van der Waals surface area contributed by atoms with E-state index in [0.717, 1.165) is 16.3 Å². The van der Waals surface area contributed by atoms with Crippen LogP contribution >= 0.6 is 11.8 Å². The molecule has 32 heavy (non-hydrogen) atoms. The minimum Gasteiger partial charge on any atom is -0.493 e. The Labute approximate surface area is 190 Å². The lowest BCUT2D eigenvalue weighted by Gasteiger charge is -2.08. The number of thioether (sulfide) groups is 1. The normalized spacial score (nSPS) is 11.0. The van der Waals surface area contributed by atoms with E-state index in [2.05, 4.69) is 15.5 Å². The molecule has 1 heterocycles. The predicted molar refractivity (Wildman–Crippen MR) is 122 cm³/mol. The highest BCUT2D eigenvalue weighted by atomic mass is 32.2. The zero-order valence-corrected chi connectivity index (χ0v) is 19.0. The van der Waals surface area contributed by atoms with Gasteiger partial charge in [0.2, 0.25) is 5.91 Å². The number of methoxy groups -OCH3 is 2. The summed E-state index contributed by atoms with van der Waals surface area (Å²) in [5, 5.41) is 12.0. The van der Waals surface area contributed by atoms with Crippen LogP contribution in [0.5, 0.6) is 11.5 Å². The van der Waals surface area contributed by atoms with Crippen LogP contribution in [0.15, 0.2) is 53.7 Å². The van der Waals surface area contributed by atoms with E-state index in [0.29, 0.717) is 29.6 Å². The number of carbonyl (C=O) groups is 1. The molecule has 1 amide bonds. The number of rotatable bonds is 10. The first-order valence-corrected chi connectivity index (χ1v) is 11.0. The van der Waals surface area contributed by atoms with Crippen molar-refractivity contribution in [2.45, 2.75) is 30.9 Å². The maximum Gasteiger partial charge on any atom is 0.244 e. The van der Waals surface area contributed by atoms with Crippen molar-refractivity contribution in [1.82, 2.24) is 20.1 Å². The van der Waals surface area contributed by atoms with Crippen molar-refractivity contribution in [1.29, 1.82) is 0 Å². The number of amides is 1. The summed E-state index contributed by atoms with van der Waals surface area (Å²) in [5.41, 5.74) is 1.81. The lowest BCUT2D eigenvalue weighted by molar-refractivity contribution is -0.116. The number of benzene rings is 2. The number of halogens is 1. The van der Waals surface area contributed by atoms with E-state index < -0.39 is 0 Å². The summed E-state index contributed by atoms with van der Waals surface area (Å²) < 4.78 is 25.5. The molecule has 168 valence electrons. The lowest BCUT2D eigenvalue weighted by Crippen LogP contribution is -2.22. The molecular formula is C23H25FN4O3S. The molecular weight excluding hydrogens is 431 g/mol. The highest BCUT2D eigenvalue weighted by Gasteiger charge is 2.12. The van der Waals surface area contributed by atoms with Gasteiger partial charge in [0.1, 0.15) is 5.82 Å². The highest BCUT2D eigenvalue weighted by Crippen LogP contribution is 2.28. The van der Waals surface area contributed by atoms with Crippen LogP contribution in [0.4, 0.5) is 4.39 Å². The monoisotopic (exact) mass is 456 g/mol. The van der Waals surface area contributed by atoms with Gasteiger partial charge in [0.15, 0.2) is 22.5 Å². The second-order valence-corrected chi connectivity index (χ2v) is 7.67. The second kappa shape index (κ2) is 11.3. The van der Waals surface area contributed by atoms with Gasteiger partial charge in [-0.15, -0.1) is 10.2 Å². The lowest BCUT2D eigenvalue weighted by atomic mass is 10.2. The van der Waals surface area contributed by atoms with Crippen LogP contribution in [0.3, 0.4) is 0 Å². The summed E-state index contributed by atoms with van der Waals surface area (Å²) >= 11 is 1.52. The average Bonchev–Trinajstić information content (AvgIpc) is 3.22. The van der Waals surface area contributed by atoms with Gasteiger partial charge < -0.3 is 19.4 Å². The summed E-state index contributed by atoms with van der Waals surface area (Å²) in [7, 11) is 3.14. The quantitative estimate of drug-likeness (QED) is 0.366. The van der Waals surface area contributed by atoms with Crippen molar-refractivity contribution in [3.05, 3.63) is 71.3 Å². The van der Waals surface area contributed by atoms with Crippen LogP contribution in [0.25, 0.3) is 6.08 Å². The molecule has 3 aromatic rings. The fourth-order valence-electron chi connectivity index (χ4n) is 2.96. The van der Waals surface area contributed by atoms with Crippen molar-refractivity contribution >= 4 is 23.7 Å². The molecule has 1 aromatic heterocycles. The Morgan fingerprint density at radius 2 is 1.88 bits per heavy atom. The first-order valence-electron chi connectivity index (χ1n) is 10.0. The third kappa shape index (κ3) is 6.10. The van der Waals surface area contributed by atoms with Crippen LogP contribution in [-0.4, -0.2) is 34.9 Å². The number of hydrogen-bond donors (Lipinski definition) is 1. The van der Waals surface area contributed by atoms with Gasteiger partial charge in [0.25, 0.3) is 0 Å². The van der Waals surface area contributed by atoms with Gasteiger partial charge in [-0.25, -0.2) is 4.39 Å². The van der Waals surface area contributed by atoms with Gasteiger partial charge in [0, 0.05) is 18.4 Å². The first kappa shape index (κ1) is 23.3. The summed E-state index contributed by atoms with van der Waals surface area (Å²) in [4.78, 5) is 12.3. The smallest absolute Gasteiger partial charge is 0.244 e. The molecule has 0 saturated carbocycles. The molecule has 0 saturated heterocycles. The third-order valence-electron chi connectivity index (χ3n) is 4.65. The van der Waals surface area contributed by atoms with Crippen LogP contribution < -0.4 is 14.8 Å². The van der Waals surface area contributed by atoms with Crippen LogP contribution in [0.2, 0.25) is 0 Å². The van der Waals surface area contributed by atoms with Crippen molar-refractivity contribution in [2.24, 2.45) is 0 Å². The number of carbonyl (C=O) groups excluding carboxylic acids is 1. The van der Waals surface area contributed by atoms with E-state index in [1.54, 1.807) is 44.6 Å². The Bertz CT molecular complexity index is 1080. The van der Waals surface area contributed by atoms with Gasteiger partial charge >= 0.3 is 0 Å². The van der Waals surface area contributed by atoms with Crippen molar-refractivity contribution in [3.63, 3.8) is 0 Å². The Morgan fingerprint density at radius 3 is 2.56 bits per heavy atom. The van der Waals surface area contributed by atoms with Crippen molar-refractivity contribution < 1.29 is 18.7 Å². The summed E-state index contributed by atoms with van der Waals surface area (Å²) in [6, 6.07) is 11.8. The molecule has 0 spiro atoms. The minimum atomic E-state index is -0.256. The van der Waals surface area contributed by atoms with E-state index in [9.17, 15) is 9.18 Å². The third-order valence-corrected chi connectivity index (χ3v) is 5.68. The molecule has 0 bridgehead atoms. The van der Waals surface area contributed by atoms with Crippen LogP contribution in [0.1, 0.15) is 23.9 Å². The van der Waals surface area contributed by atoms with Crippen molar-refractivity contribution in [3.8, 4) is 11.5 Å². The maximum atomic E-state index is 13.1. The Kier molecular flexibility index (Phi) is 8.27. The Hall–Kier alpha value is -3.33. The Balaban J connectivity index is 1.57. The summed E-state index contributed by atoms with van der Waals surface area (Å²) in [6.07, 6.45) is 3.16. The van der Waals surface area contributed by atoms with Gasteiger partial charge in [-0.3, -0.25) is 4.79 Å². The standard InChI is InChI=1S/C23H25FN4O3S/c1-4-28-21(26-27-23(28)32-15-17-5-9-18(24)10-6-17)14-25-22(29)12-8-16-7-11-19(30-2)20(13-16)31-3/h5-13H,4,14-15H2,1-3H3,(H,25,29). The molecule has 3 rings (SSSR count). The van der Waals surface area contributed by atoms with Gasteiger partial charge in [0.05, 0.1) is 20.8 Å². The topological polar surface area (TPSA) is 78.3 Å². The van der Waals surface area contributed by atoms with E-state index >= 15 is 0 Å². The van der Waals surface area contributed by atoms with E-state index in [-0.39, 0.29) is 18.3 Å². The SMILES string of the molecule is CCn1c(CNC(=O)C=Cc2ccc(OC)c(OC)c2)nnc1SCc1ccc(F)cc1. The van der Waals surface area contributed by atoms with E-state index in [4.69, 9.17) is 9.47 Å². The van der Waals surface area contributed by atoms with Crippen LogP contribution in [-0.2, 0) is 23.6 Å². The molecule has 0 fully saturated rings. The van der Waals surface area contributed by atoms with Gasteiger partial charge in [-0.2, -0.15) is 0 Å². The predicted octanol–water partition coefficient (Wildman–Crippen LogP) is 4.08. The first-order chi connectivity index (χ1) is 15.5. The van der Waals surface area contributed by atoms with Gasteiger partial charge in [-0.1, -0.05) is 30.0 Å². The molecule has 0 unspecified atom stereocenters. The number of ether oxygens (including phenoxy) is 2. The molecule has 0 aliphatic rings. The zero-order chi connectivity index (χ0) is 22.9. The van der Waals surface area contributed by atoms with Crippen LogP contribution in [0, 0.1) is 5.82 Å². The summed E-state index contributed by atoms with van der Waals surface area (Å²) in [5.74, 6) is 2.04. The molecule has 9 heteroatoms. The molecule has 0 radical (unpaired) electrons. The molecule has 2 aromatic carbocycles. The number of aromatic nitrogens is 3. The zero-order valence-electron chi connectivity index (χ0n) is 18.2. The van der Waals surface area contributed by atoms with E-state index in [1.165, 1.54) is 30.0 Å². The molecule has 0 aliphatic heterocycles. The number of nitrogens with one attached hydrogen (secondary N) is 1. The number of hydrogen-bond acceptors (Lipinski definition) is 6. The second-order valence-electron chi connectivity index (χ2n) is 6.72. The van der Waals surface area contributed by atoms with Crippen molar-refractivity contribution in [2.75, 3.05) is 14.2 Å². The molecule has 7 nitrogen and oxygen atoms in total. The van der Waals surface area contributed by atoms with Gasteiger partial charge in [-0.05, 0) is 48.4 Å². The average molecular weight is 457 g/mol. The maximum absolute atomic E-state index is 13.1. The fourth-order valence-corrected chi connectivity index (χ4v) is 3.93. The molecule has 1 N–H and O–H groups in total. The largest absolute Gasteiger partial charge is 0.493 e. The van der Waals surface area contributed by atoms with E-state index in [1.807, 2.05) is 17.6 Å². The highest BCUT2D eigenvalue weighted by molar-refractivity contribution is 7.98. The summed E-state index contributed by atoms with van der Waals surface area (Å²) in [6.45, 7) is 2.92. The Morgan fingerprint density at radius 1 is 1.12 bits per heavy atom. The fraction of sp³-hybridized carbons (Fsp3) is 0.261. The molecule has 0 atom stereocenters. The minimum absolute atomic E-state index is 0.244. The number of nitrogens with zero attached hydrogens (tertiary/aromatic N) is 3. The molecule has 0 aliphatic carbocycles.